The molecule has 2 aliphatic rings. The predicted octanol–water partition coefficient (Wildman–Crippen LogP) is 5.45. The van der Waals surface area contributed by atoms with Gasteiger partial charge in [-0.2, -0.15) is 5.26 Å². The number of hydrogen-bond acceptors (Lipinski definition) is 12. The van der Waals surface area contributed by atoms with Gasteiger partial charge in [0, 0.05) is 30.9 Å². The van der Waals surface area contributed by atoms with E-state index in [1.54, 1.807) is 33.1 Å². The summed E-state index contributed by atoms with van der Waals surface area (Å²) in [6, 6.07) is 5.80. The molecule has 1 aromatic carbocycles. The van der Waals surface area contributed by atoms with Gasteiger partial charge in [0.25, 0.3) is 6.29 Å². The van der Waals surface area contributed by atoms with E-state index >= 15 is 0 Å². The standard InChI is InChI=1S/C38H50ClN3O10/c1-24(2)36(52-37(45)50-20-19-49-18-17-48-16-15-46-6)51-35(44)26-12-14-29(31(21-26)47-7)42-34(43)33-32(25-9-8-10-27(39)13-11-25)28(23-40)30(41-33)22-38(3,4)5/h8-10,12,14,21,24-25,28,30,32-33,36,41H,15-20,22H2,1-7H3,(H,42,43)/t25?,28?,30?,32?,33-,36?/m1/s1. The summed E-state index contributed by atoms with van der Waals surface area (Å²) in [5.74, 6) is 3.27. The van der Waals surface area contributed by atoms with Crippen molar-refractivity contribution in [3.63, 3.8) is 0 Å². The third-order valence-corrected chi connectivity index (χ3v) is 8.37. The van der Waals surface area contributed by atoms with E-state index in [1.807, 2.05) is 6.08 Å². The molecule has 3 rings (SSSR count). The van der Waals surface area contributed by atoms with Gasteiger partial charge in [-0.05, 0) is 36.1 Å². The molecule has 284 valence electrons. The average molecular weight is 744 g/mol. The molecule has 1 fully saturated rings. The number of anilines is 1. The third kappa shape index (κ3) is 13.1. The Morgan fingerprint density at radius 3 is 2.37 bits per heavy atom. The van der Waals surface area contributed by atoms with E-state index < -0.39 is 48.1 Å². The number of esters is 1. The Hall–Kier alpha value is -4.11. The lowest BCUT2D eigenvalue weighted by molar-refractivity contribution is -0.119. The summed E-state index contributed by atoms with van der Waals surface area (Å²) >= 11 is 6.16. The molecule has 1 amide bonds. The molecular formula is C38H50ClN3O10. The molecule has 1 saturated heterocycles. The maximum atomic E-state index is 14.0. The van der Waals surface area contributed by atoms with Crippen LogP contribution in [0.15, 0.2) is 41.5 Å². The van der Waals surface area contributed by atoms with Crippen molar-refractivity contribution in [2.45, 2.75) is 59.4 Å². The summed E-state index contributed by atoms with van der Waals surface area (Å²) < 4.78 is 36.9. The highest BCUT2D eigenvalue weighted by Gasteiger charge is 2.50. The summed E-state index contributed by atoms with van der Waals surface area (Å²) in [5, 5.41) is 17.0. The molecule has 1 aromatic rings. The highest BCUT2D eigenvalue weighted by atomic mass is 35.5. The second-order valence-electron chi connectivity index (χ2n) is 13.8. The van der Waals surface area contributed by atoms with E-state index in [0.717, 1.165) is 0 Å². The number of nitrogens with one attached hydrogen (secondary N) is 2. The van der Waals surface area contributed by atoms with Crippen LogP contribution in [-0.4, -0.2) is 90.3 Å². The van der Waals surface area contributed by atoms with Gasteiger partial charge in [-0.25, -0.2) is 9.59 Å². The van der Waals surface area contributed by atoms with E-state index in [2.05, 4.69) is 49.3 Å². The molecule has 0 aromatic heterocycles. The van der Waals surface area contributed by atoms with Crippen LogP contribution in [-0.2, 0) is 33.2 Å². The number of benzene rings is 1. The Balaban J connectivity index is 1.66. The van der Waals surface area contributed by atoms with Gasteiger partial charge in [-0.15, -0.1) is 0 Å². The zero-order valence-corrected chi connectivity index (χ0v) is 31.6. The van der Waals surface area contributed by atoms with Crippen molar-refractivity contribution in [2.75, 3.05) is 59.2 Å². The van der Waals surface area contributed by atoms with Crippen LogP contribution in [0.25, 0.3) is 0 Å². The Labute approximate surface area is 311 Å². The van der Waals surface area contributed by atoms with Crippen molar-refractivity contribution in [2.24, 2.45) is 29.1 Å². The van der Waals surface area contributed by atoms with Gasteiger partial charge in [-0.3, -0.25) is 4.79 Å². The molecule has 52 heavy (non-hydrogen) atoms. The second kappa shape index (κ2) is 20.8. The fourth-order valence-electron chi connectivity index (χ4n) is 5.73. The lowest BCUT2D eigenvalue weighted by Crippen LogP contribution is -2.44. The number of ether oxygens (including phenoxy) is 7. The van der Waals surface area contributed by atoms with Crippen LogP contribution in [0.2, 0.25) is 0 Å². The number of methoxy groups -OCH3 is 2. The number of carbonyl (C=O) groups is 3. The smallest absolute Gasteiger partial charge is 0.495 e. The van der Waals surface area contributed by atoms with Gasteiger partial charge < -0.3 is 43.8 Å². The number of nitrogens with zero attached hydrogens (tertiary/aromatic N) is 1. The Morgan fingerprint density at radius 2 is 1.73 bits per heavy atom. The molecule has 0 saturated carbocycles. The fourth-order valence-corrected chi connectivity index (χ4v) is 5.86. The lowest BCUT2D eigenvalue weighted by atomic mass is 9.75. The topological polar surface area (TPSA) is 164 Å². The highest BCUT2D eigenvalue weighted by Crippen LogP contribution is 2.40. The van der Waals surface area contributed by atoms with Crippen LogP contribution in [0.4, 0.5) is 10.5 Å². The van der Waals surface area contributed by atoms with Gasteiger partial charge in [-0.1, -0.05) is 70.2 Å². The van der Waals surface area contributed by atoms with Crippen molar-refractivity contribution in [1.29, 1.82) is 5.26 Å². The molecule has 1 aliphatic heterocycles. The van der Waals surface area contributed by atoms with Gasteiger partial charge in [0.2, 0.25) is 5.91 Å². The molecule has 13 nitrogen and oxygen atoms in total. The van der Waals surface area contributed by atoms with Crippen LogP contribution in [0.3, 0.4) is 0 Å². The minimum Gasteiger partial charge on any atom is -0.495 e. The third-order valence-electron chi connectivity index (χ3n) is 8.15. The molecule has 1 aliphatic carbocycles. The summed E-state index contributed by atoms with van der Waals surface area (Å²) in [7, 11) is 2.99. The molecule has 0 spiro atoms. The first-order valence-corrected chi connectivity index (χ1v) is 17.5. The highest BCUT2D eigenvalue weighted by molar-refractivity contribution is 6.32. The molecule has 0 radical (unpaired) electrons. The number of nitriles is 1. The summed E-state index contributed by atoms with van der Waals surface area (Å²) in [4.78, 5) is 39.4. The number of allylic oxidation sites excluding steroid dienone is 4. The molecule has 2 N–H and O–H groups in total. The number of rotatable bonds is 18. The van der Waals surface area contributed by atoms with Gasteiger partial charge in [0.15, 0.2) is 0 Å². The van der Waals surface area contributed by atoms with E-state index in [9.17, 15) is 19.6 Å². The van der Waals surface area contributed by atoms with Crippen molar-refractivity contribution < 1.29 is 47.5 Å². The molecular weight excluding hydrogens is 694 g/mol. The van der Waals surface area contributed by atoms with Gasteiger partial charge in [0.1, 0.15) is 12.4 Å². The molecule has 5 unspecified atom stereocenters. The van der Waals surface area contributed by atoms with Crippen molar-refractivity contribution in [3.8, 4) is 23.7 Å². The normalized spacial score (nSPS) is 21.5. The first-order valence-electron chi connectivity index (χ1n) is 17.2. The van der Waals surface area contributed by atoms with Crippen LogP contribution in [0.5, 0.6) is 5.75 Å². The lowest BCUT2D eigenvalue weighted by Gasteiger charge is -2.26. The van der Waals surface area contributed by atoms with E-state index in [-0.39, 0.29) is 41.9 Å². The first kappa shape index (κ1) is 42.3. The predicted molar refractivity (Wildman–Crippen MR) is 193 cm³/mol. The Kier molecular flexibility index (Phi) is 16.9. The quantitative estimate of drug-likeness (QED) is 0.0848. The minimum absolute atomic E-state index is 0.0676. The number of carbonyl (C=O) groups excluding carboxylic acids is 3. The summed E-state index contributed by atoms with van der Waals surface area (Å²) in [5.41, 5.74) is 0.281. The van der Waals surface area contributed by atoms with Crippen molar-refractivity contribution in [1.82, 2.24) is 5.32 Å². The molecule has 14 heteroatoms. The van der Waals surface area contributed by atoms with E-state index in [0.29, 0.717) is 43.6 Å². The minimum atomic E-state index is -1.24. The summed E-state index contributed by atoms with van der Waals surface area (Å²) in [6.07, 6.45) is 3.72. The molecule has 6 atom stereocenters. The zero-order valence-electron chi connectivity index (χ0n) is 30.9. The van der Waals surface area contributed by atoms with Crippen molar-refractivity contribution in [3.05, 3.63) is 47.0 Å². The number of halogens is 1. The van der Waals surface area contributed by atoms with E-state index in [4.69, 9.17) is 44.8 Å². The Morgan fingerprint density at radius 1 is 1.04 bits per heavy atom. The number of hydrogen-bond donors (Lipinski definition) is 2. The molecule has 1 heterocycles. The van der Waals surface area contributed by atoms with E-state index in [1.165, 1.54) is 25.3 Å². The monoisotopic (exact) mass is 743 g/mol. The van der Waals surface area contributed by atoms with Crippen molar-refractivity contribution >= 4 is 35.3 Å². The largest absolute Gasteiger partial charge is 0.511 e. The fraction of sp³-hybridized carbons (Fsp3) is 0.579. The van der Waals surface area contributed by atoms with Crippen LogP contribution in [0, 0.1) is 52.3 Å². The molecule has 0 bridgehead atoms. The van der Waals surface area contributed by atoms with Gasteiger partial charge >= 0.3 is 12.1 Å². The average Bonchev–Trinajstić information content (AvgIpc) is 3.30. The maximum absolute atomic E-state index is 14.0. The van der Waals surface area contributed by atoms with Crippen LogP contribution < -0.4 is 15.4 Å². The van der Waals surface area contributed by atoms with Crippen LogP contribution >= 0.6 is 11.6 Å². The zero-order chi connectivity index (χ0) is 38.3. The second-order valence-corrected chi connectivity index (χ2v) is 14.2. The number of amides is 1. The Bertz CT molecular complexity index is 1540. The van der Waals surface area contributed by atoms with Crippen LogP contribution in [0.1, 0.15) is 51.4 Å². The maximum Gasteiger partial charge on any atom is 0.511 e. The summed E-state index contributed by atoms with van der Waals surface area (Å²) in [6.45, 7) is 11.4. The van der Waals surface area contributed by atoms with Gasteiger partial charge in [0.05, 0.1) is 74.5 Å². The first-order chi connectivity index (χ1) is 24.8. The SMILES string of the molecule is COCCOCCOCCOC(=O)OC(OC(=O)c1ccc(NC(=O)[C@@H]2NC(CC(C)(C)C)C(C#N)C2C2C#CC(Cl)=CC=C2)c(OC)c1)C(C)C.